The van der Waals surface area contributed by atoms with Crippen LogP contribution in [-0.4, -0.2) is 11.6 Å². The van der Waals surface area contributed by atoms with Gasteiger partial charge in [0.15, 0.2) is 0 Å². The van der Waals surface area contributed by atoms with Crippen molar-refractivity contribution in [2.75, 3.05) is 0 Å². The van der Waals surface area contributed by atoms with Gasteiger partial charge in [0.25, 0.3) is 0 Å². The van der Waals surface area contributed by atoms with Gasteiger partial charge in [-0.3, -0.25) is 9.59 Å². The average molecular weight is 224 g/mol. The summed E-state index contributed by atoms with van der Waals surface area (Å²) in [5, 5.41) is 0. The number of hydrogen-bond donors (Lipinski definition) is 0. The second kappa shape index (κ2) is 6.62. The normalized spacial score (nSPS) is 14.4. The quantitative estimate of drug-likeness (QED) is 0.512. The van der Waals surface area contributed by atoms with E-state index in [1.54, 1.807) is 6.92 Å². The van der Waals surface area contributed by atoms with Gasteiger partial charge in [-0.2, -0.15) is 0 Å². The molecule has 0 saturated carbocycles. The summed E-state index contributed by atoms with van der Waals surface area (Å²) in [7, 11) is 0. The van der Waals surface area contributed by atoms with E-state index in [0.717, 1.165) is 6.42 Å². The van der Waals surface area contributed by atoms with Crippen molar-refractivity contribution >= 4 is 11.6 Å². The lowest BCUT2D eigenvalue weighted by molar-refractivity contribution is -0.135. The van der Waals surface area contributed by atoms with Crippen molar-refractivity contribution < 1.29 is 9.59 Å². The van der Waals surface area contributed by atoms with Crippen LogP contribution in [0.1, 0.15) is 48.0 Å². The van der Waals surface area contributed by atoms with Crippen LogP contribution in [0.5, 0.6) is 0 Å². The highest BCUT2D eigenvalue weighted by atomic mass is 16.2. The summed E-state index contributed by atoms with van der Waals surface area (Å²) in [5.41, 5.74) is 1.21. The summed E-state index contributed by atoms with van der Waals surface area (Å²) in [6.07, 6.45) is 2.78. The van der Waals surface area contributed by atoms with E-state index in [-0.39, 0.29) is 23.4 Å². The first-order chi connectivity index (χ1) is 7.27. The molecule has 0 aromatic rings. The fraction of sp³-hybridized carbons (Fsp3) is 0.714. The molecule has 92 valence electrons. The Balaban J connectivity index is 4.44. The average Bonchev–Trinajstić information content (AvgIpc) is 2.22. The molecule has 0 rings (SSSR count). The van der Waals surface area contributed by atoms with E-state index in [9.17, 15) is 9.59 Å². The smallest absolute Gasteiger partial charge is 0.146 e. The van der Waals surface area contributed by atoms with Crippen molar-refractivity contribution in [3.8, 4) is 0 Å². The lowest BCUT2D eigenvalue weighted by Crippen LogP contribution is -2.29. The highest BCUT2D eigenvalue weighted by Gasteiger charge is 2.26. The third-order valence-electron chi connectivity index (χ3n) is 2.79. The maximum absolute atomic E-state index is 12.0. The predicted molar refractivity (Wildman–Crippen MR) is 67.2 cm³/mol. The second-order valence-corrected chi connectivity index (χ2v) is 5.10. The van der Waals surface area contributed by atoms with E-state index < -0.39 is 5.92 Å². The fourth-order valence-corrected chi connectivity index (χ4v) is 1.60. The Bertz CT molecular complexity index is 283. The SMILES string of the molecule is CC(C)=CCC(C)C(=O)C(C)C(=O)C(C)C. The van der Waals surface area contributed by atoms with E-state index in [1.807, 2.05) is 34.6 Å². The first-order valence-electron chi connectivity index (χ1n) is 5.98. The zero-order chi connectivity index (χ0) is 12.9. The molecule has 0 aliphatic heterocycles. The number of carbonyl (C=O) groups is 2. The summed E-state index contributed by atoms with van der Waals surface area (Å²) in [4.78, 5) is 23.6. The van der Waals surface area contributed by atoms with Crippen molar-refractivity contribution in [3.05, 3.63) is 11.6 Å². The number of carbonyl (C=O) groups excluding carboxylic acids is 2. The van der Waals surface area contributed by atoms with Crippen LogP contribution in [0.2, 0.25) is 0 Å². The highest BCUT2D eigenvalue weighted by Crippen LogP contribution is 2.16. The standard InChI is InChI=1S/C14H24O2/c1-9(2)7-8-11(5)14(16)12(6)13(15)10(3)4/h7,10-12H,8H2,1-6H3. The van der Waals surface area contributed by atoms with Crippen LogP contribution in [0.3, 0.4) is 0 Å². The first kappa shape index (κ1) is 15.1. The molecule has 0 spiro atoms. The number of hydrogen-bond acceptors (Lipinski definition) is 2. The van der Waals surface area contributed by atoms with Gasteiger partial charge in [0.1, 0.15) is 11.6 Å². The molecule has 0 amide bonds. The van der Waals surface area contributed by atoms with Crippen molar-refractivity contribution in [2.24, 2.45) is 17.8 Å². The molecule has 0 aliphatic carbocycles. The Morgan fingerprint density at radius 3 is 1.88 bits per heavy atom. The van der Waals surface area contributed by atoms with Crippen LogP contribution in [-0.2, 0) is 9.59 Å². The monoisotopic (exact) mass is 224 g/mol. The minimum atomic E-state index is -0.458. The lowest BCUT2D eigenvalue weighted by atomic mass is 9.86. The molecule has 0 aromatic heterocycles. The Labute approximate surface area is 99.1 Å². The van der Waals surface area contributed by atoms with E-state index in [4.69, 9.17) is 0 Å². The van der Waals surface area contributed by atoms with Crippen molar-refractivity contribution in [1.29, 1.82) is 0 Å². The summed E-state index contributed by atoms with van der Waals surface area (Å²) < 4.78 is 0. The maximum Gasteiger partial charge on any atom is 0.146 e. The Morgan fingerprint density at radius 1 is 1.00 bits per heavy atom. The van der Waals surface area contributed by atoms with Crippen LogP contribution < -0.4 is 0 Å². The van der Waals surface area contributed by atoms with Crippen molar-refractivity contribution in [1.82, 2.24) is 0 Å². The van der Waals surface area contributed by atoms with Crippen LogP contribution in [0.15, 0.2) is 11.6 Å². The second-order valence-electron chi connectivity index (χ2n) is 5.10. The Morgan fingerprint density at radius 2 is 1.50 bits per heavy atom. The van der Waals surface area contributed by atoms with Crippen molar-refractivity contribution in [3.63, 3.8) is 0 Å². The lowest BCUT2D eigenvalue weighted by Gasteiger charge is -2.16. The van der Waals surface area contributed by atoms with Gasteiger partial charge in [-0.1, -0.05) is 32.4 Å². The van der Waals surface area contributed by atoms with Gasteiger partial charge >= 0.3 is 0 Å². The Hall–Kier alpha value is -0.920. The third kappa shape index (κ3) is 4.73. The van der Waals surface area contributed by atoms with Crippen LogP contribution >= 0.6 is 0 Å². The molecule has 0 N–H and O–H groups in total. The molecule has 0 radical (unpaired) electrons. The minimum absolute atomic E-state index is 0.0500. The number of ketones is 2. The molecular weight excluding hydrogens is 200 g/mol. The molecule has 0 aromatic carbocycles. The minimum Gasteiger partial charge on any atom is -0.299 e. The van der Waals surface area contributed by atoms with E-state index in [2.05, 4.69) is 6.08 Å². The summed E-state index contributed by atoms with van der Waals surface area (Å²) >= 11 is 0. The van der Waals surface area contributed by atoms with Gasteiger partial charge in [-0.15, -0.1) is 0 Å². The van der Waals surface area contributed by atoms with E-state index in [1.165, 1.54) is 5.57 Å². The van der Waals surface area contributed by atoms with Gasteiger partial charge in [0, 0.05) is 11.8 Å². The molecule has 2 heteroatoms. The van der Waals surface area contributed by atoms with Crippen molar-refractivity contribution in [2.45, 2.75) is 48.0 Å². The molecule has 0 aliphatic rings. The summed E-state index contributed by atoms with van der Waals surface area (Å²) in [6.45, 7) is 11.3. The molecule has 2 nitrogen and oxygen atoms in total. The molecule has 0 saturated heterocycles. The largest absolute Gasteiger partial charge is 0.299 e. The maximum atomic E-state index is 12.0. The van der Waals surface area contributed by atoms with Crippen LogP contribution in [0.25, 0.3) is 0 Å². The molecule has 0 heterocycles. The highest BCUT2D eigenvalue weighted by molar-refractivity contribution is 6.03. The predicted octanol–water partition coefficient (Wildman–Crippen LogP) is 3.41. The van der Waals surface area contributed by atoms with E-state index >= 15 is 0 Å². The zero-order valence-corrected chi connectivity index (χ0v) is 11.3. The van der Waals surface area contributed by atoms with Gasteiger partial charge in [-0.25, -0.2) is 0 Å². The molecule has 16 heavy (non-hydrogen) atoms. The Kier molecular flexibility index (Phi) is 6.24. The van der Waals surface area contributed by atoms with Gasteiger partial charge in [-0.05, 0) is 27.2 Å². The molecule has 2 unspecified atom stereocenters. The van der Waals surface area contributed by atoms with Gasteiger partial charge in [0.05, 0.1) is 5.92 Å². The molecule has 2 atom stereocenters. The van der Waals surface area contributed by atoms with Crippen LogP contribution in [0, 0.1) is 17.8 Å². The third-order valence-corrected chi connectivity index (χ3v) is 2.79. The number of allylic oxidation sites excluding steroid dienone is 2. The fourth-order valence-electron chi connectivity index (χ4n) is 1.60. The number of rotatable bonds is 6. The van der Waals surface area contributed by atoms with Gasteiger partial charge < -0.3 is 0 Å². The molecule has 0 bridgehead atoms. The van der Waals surface area contributed by atoms with E-state index in [0.29, 0.717) is 0 Å². The zero-order valence-electron chi connectivity index (χ0n) is 11.3. The molecular formula is C14H24O2. The topological polar surface area (TPSA) is 34.1 Å². The summed E-state index contributed by atoms with van der Waals surface area (Å²) in [5.74, 6) is -0.465. The van der Waals surface area contributed by atoms with Crippen LogP contribution in [0.4, 0.5) is 0 Å². The first-order valence-corrected chi connectivity index (χ1v) is 5.98. The molecule has 0 fully saturated rings. The number of Topliss-reactive ketones (excluding diaryl/α,β-unsaturated/α-hetero) is 2. The summed E-state index contributed by atoms with van der Waals surface area (Å²) in [6, 6.07) is 0. The van der Waals surface area contributed by atoms with Gasteiger partial charge in [0.2, 0.25) is 0 Å².